The Kier molecular flexibility index (Phi) is 6.86. The number of anilines is 2. The van der Waals surface area contributed by atoms with Crippen LogP contribution in [0.15, 0.2) is 28.6 Å². The highest BCUT2D eigenvalue weighted by Crippen LogP contribution is 2.24. The van der Waals surface area contributed by atoms with E-state index in [1.807, 2.05) is 24.3 Å². The molecule has 0 bridgehead atoms. The number of nitrogens with zero attached hydrogens (tertiary/aromatic N) is 3. The van der Waals surface area contributed by atoms with Gasteiger partial charge in [-0.15, -0.1) is 10.2 Å². The Bertz CT molecular complexity index is 941. The van der Waals surface area contributed by atoms with Crippen molar-refractivity contribution in [2.75, 3.05) is 23.3 Å². The van der Waals surface area contributed by atoms with Gasteiger partial charge in [0.1, 0.15) is 0 Å². The van der Waals surface area contributed by atoms with Crippen LogP contribution in [0.25, 0.3) is 0 Å². The smallest absolute Gasteiger partial charge is 0.270 e. The molecule has 10 heteroatoms. The highest BCUT2D eigenvalue weighted by atomic mass is 32.2. The standard InChI is InChI=1S/C19H27N5O3S2/c1-13(2)17(25)21-18-22-23-19(28-18)29(26,27)20-11-15-6-8-16(9-7-15)24-10-4-5-14(3)12-24/h6-9,13-14,20H,4-5,10-12H2,1-3H3,(H,21,22,25)/t14-/m0/s1. The molecule has 3 rings (SSSR count). The van der Waals surface area contributed by atoms with Gasteiger partial charge in [0, 0.05) is 31.2 Å². The van der Waals surface area contributed by atoms with Crippen molar-refractivity contribution in [1.82, 2.24) is 14.9 Å². The van der Waals surface area contributed by atoms with Crippen LogP contribution in [-0.2, 0) is 21.4 Å². The molecule has 29 heavy (non-hydrogen) atoms. The maximum atomic E-state index is 12.5. The van der Waals surface area contributed by atoms with E-state index in [2.05, 4.69) is 32.1 Å². The molecule has 1 aliphatic rings. The lowest BCUT2D eigenvalue weighted by Gasteiger charge is -2.32. The summed E-state index contributed by atoms with van der Waals surface area (Å²) in [6.45, 7) is 8.02. The van der Waals surface area contributed by atoms with Gasteiger partial charge in [0.25, 0.3) is 10.0 Å². The Hall–Kier alpha value is -2.04. The SMILES string of the molecule is CC(C)C(=O)Nc1nnc(S(=O)(=O)NCc2ccc(N3CCC[C@H](C)C3)cc2)s1. The third-order valence-corrected chi connectivity index (χ3v) is 7.42. The predicted molar refractivity (Wildman–Crippen MR) is 114 cm³/mol. The Morgan fingerprint density at radius 3 is 2.66 bits per heavy atom. The summed E-state index contributed by atoms with van der Waals surface area (Å²) in [7, 11) is -3.80. The van der Waals surface area contributed by atoms with Gasteiger partial charge in [-0.05, 0) is 36.5 Å². The summed E-state index contributed by atoms with van der Waals surface area (Å²) in [4.78, 5) is 14.1. The van der Waals surface area contributed by atoms with Crippen molar-refractivity contribution < 1.29 is 13.2 Å². The number of carbonyl (C=O) groups excluding carboxylic acids is 1. The second kappa shape index (κ2) is 9.19. The molecule has 2 N–H and O–H groups in total. The van der Waals surface area contributed by atoms with Crippen LogP contribution in [0.4, 0.5) is 10.8 Å². The van der Waals surface area contributed by atoms with Crippen LogP contribution in [0.2, 0.25) is 0 Å². The van der Waals surface area contributed by atoms with Crippen molar-refractivity contribution in [2.45, 2.75) is 44.5 Å². The Labute approximate surface area is 175 Å². The fourth-order valence-corrected chi connectivity index (χ4v) is 5.07. The molecule has 158 valence electrons. The van der Waals surface area contributed by atoms with E-state index in [4.69, 9.17) is 0 Å². The Morgan fingerprint density at radius 2 is 2.00 bits per heavy atom. The zero-order chi connectivity index (χ0) is 21.0. The maximum Gasteiger partial charge on any atom is 0.270 e. The summed E-state index contributed by atoms with van der Waals surface area (Å²) in [5.74, 6) is 0.229. The number of aromatic nitrogens is 2. The van der Waals surface area contributed by atoms with Crippen molar-refractivity contribution in [3.63, 3.8) is 0 Å². The van der Waals surface area contributed by atoms with Gasteiger partial charge in [0.15, 0.2) is 0 Å². The Morgan fingerprint density at radius 1 is 1.28 bits per heavy atom. The second-order valence-electron chi connectivity index (χ2n) is 7.70. The van der Waals surface area contributed by atoms with E-state index >= 15 is 0 Å². The molecular formula is C19H27N5O3S2. The molecule has 0 saturated carbocycles. The number of amides is 1. The summed E-state index contributed by atoms with van der Waals surface area (Å²) in [5, 5.41) is 10.2. The van der Waals surface area contributed by atoms with E-state index in [0.29, 0.717) is 5.92 Å². The molecule has 1 saturated heterocycles. The van der Waals surface area contributed by atoms with Crippen LogP contribution in [-0.4, -0.2) is 37.6 Å². The minimum atomic E-state index is -3.80. The number of benzene rings is 1. The van der Waals surface area contributed by atoms with E-state index in [1.165, 1.54) is 12.8 Å². The van der Waals surface area contributed by atoms with Crippen molar-refractivity contribution in [3.8, 4) is 0 Å². The van der Waals surface area contributed by atoms with E-state index in [-0.39, 0.29) is 27.8 Å². The molecule has 0 radical (unpaired) electrons. The molecular weight excluding hydrogens is 410 g/mol. The maximum absolute atomic E-state index is 12.5. The van der Waals surface area contributed by atoms with Crippen LogP contribution in [0.3, 0.4) is 0 Å². The molecule has 1 fully saturated rings. The average Bonchev–Trinajstić information content (AvgIpc) is 3.16. The van der Waals surface area contributed by atoms with Gasteiger partial charge >= 0.3 is 0 Å². The molecule has 0 spiro atoms. The van der Waals surface area contributed by atoms with Gasteiger partial charge in [-0.3, -0.25) is 4.79 Å². The zero-order valence-corrected chi connectivity index (χ0v) is 18.5. The van der Waals surface area contributed by atoms with Crippen molar-refractivity contribution in [1.29, 1.82) is 0 Å². The van der Waals surface area contributed by atoms with E-state index in [9.17, 15) is 13.2 Å². The topological polar surface area (TPSA) is 104 Å². The summed E-state index contributed by atoms with van der Waals surface area (Å²) in [5.41, 5.74) is 2.03. The van der Waals surface area contributed by atoms with Crippen molar-refractivity contribution in [2.24, 2.45) is 11.8 Å². The van der Waals surface area contributed by atoms with Gasteiger partial charge in [-0.2, -0.15) is 0 Å². The van der Waals surface area contributed by atoms with Gasteiger partial charge < -0.3 is 10.2 Å². The minimum absolute atomic E-state index is 0.159. The number of nitrogens with one attached hydrogen (secondary N) is 2. The minimum Gasteiger partial charge on any atom is -0.371 e. The molecule has 0 unspecified atom stereocenters. The first-order chi connectivity index (χ1) is 13.7. The van der Waals surface area contributed by atoms with Crippen LogP contribution in [0.1, 0.15) is 39.2 Å². The summed E-state index contributed by atoms with van der Waals surface area (Å²) in [6.07, 6.45) is 2.47. The Balaban J connectivity index is 1.59. The van der Waals surface area contributed by atoms with Gasteiger partial charge in [0.2, 0.25) is 15.4 Å². The predicted octanol–water partition coefficient (Wildman–Crippen LogP) is 2.85. The molecule has 2 heterocycles. The highest BCUT2D eigenvalue weighted by molar-refractivity contribution is 7.91. The molecule has 1 aromatic carbocycles. The largest absolute Gasteiger partial charge is 0.371 e. The normalized spacial score (nSPS) is 17.5. The molecule has 0 aliphatic carbocycles. The van der Waals surface area contributed by atoms with E-state index < -0.39 is 10.0 Å². The lowest BCUT2D eigenvalue weighted by atomic mass is 9.99. The number of piperidine rings is 1. The van der Waals surface area contributed by atoms with E-state index in [0.717, 1.165) is 35.7 Å². The first kappa shape index (κ1) is 21.7. The third kappa shape index (κ3) is 5.74. The summed E-state index contributed by atoms with van der Waals surface area (Å²) < 4.78 is 27.3. The lowest BCUT2D eigenvalue weighted by Crippen LogP contribution is -2.34. The zero-order valence-electron chi connectivity index (χ0n) is 16.9. The van der Waals surface area contributed by atoms with Crippen molar-refractivity contribution >= 4 is 38.1 Å². The lowest BCUT2D eigenvalue weighted by molar-refractivity contribution is -0.118. The van der Waals surface area contributed by atoms with Gasteiger partial charge in [0.05, 0.1) is 0 Å². The fraction of sp³-hybridized carbons (Fsp3) is 0.526. The third-order valence-electron chi connectivity index (χ3n) is 4.82. The quantitative estimate of drug-likeness (QED) is 0.646. The van der Waals surface area contributed by atoms with Crippen LogP contribution >= 0.6 is 11.3 Å². The number of hydrogen-bond donors (Lipinski definition) is 2. The molecule has 1 aromatic heterocycles. The number of sulfonamides is 1. The molecule has 1 aliphatic heterocycles. The molecule has 1 amide bonds. The number of hydrogen-bond acceptors (Lipinski definition) is 7. The van der Waals surface area contributed by atoms with Crippen LogP contribution < -0.4 is 14.9 Å². The number of rotatable bonds is 7. The molecule has 2 aromatic rings. The second-order valence-corrected chi connectivity index (χ2v) is 10.6. The van der Waals surface area contributed by atoms with Crippen LogP contribution in [0.5, 0.6) is 0 Å². The van der Waals surface area contributed by atoms with Crippen molar-refractivity contribution in [3.05, 3.63) is 29.8 Å². The first-order valence-electron chi connectivity index (χ1n) is 9.72. The average molecular weight is 438 g/mol. The van der Waals surface area contributed by atoms with Crippen LogP contribution in [0, 0.1) is 11.8 Å². The highest BCUT2D eigenvalue weighted by Gasteiger charge is 2.21. The summed E-state index contributed by atoms with van der Waals surface area (Å²) >= 11 is 0.831. The molecule has 1 atom stereocenters. The first-order valence-corrected chi connectivity index (χ1v) is 12.0. The summed E-state index contributed by atoms with van der Waals surface area (Å²) in [6, 6.07) is 7.94. The fourth-order valence-electron chi connectivity index (χ4n) is 3.11. The monoisotopic (exact) mass is 437 g/mol. The number of carbonyl (C=O) groups is 1. The van der Waals surface area contributed by atoms with Gasteiger partial charge in [-0.25, -0.2) is 13.1 Å². The molecule has 8 nitrogen and oxygen atoms in total. The van der Waals surface area contributed by atoms with Gasteiger partial charge in [-0.1, -0.05) is 44.2 Å². The van der Waals surface area contributed by atoms with E-state index in [1.54, 1.807) is 13.8 Å².